The Labute approximate surface area is 525 Å². The topological polar surface area (TPSA) is 72.3 Å². The second kappa shape index (κ2) is 22.2. The minimum atomic E-state index is 0.529. The van der Waals surface area contributed by atoms with Gasteiger partial charge in [-0.3, -0.25) is 0 Å². The van der Waals surface area contributed by atoms with Gasteiger partial charge < -0.3 is 9.13 Å². The van der Waals surface area contributed by atoms with E-state index in [9.17, 15) is 5.26 Å². The van der Waals surface area contributed by atoms with E-state index in [1.54, 1.807) is 0 Å². The van der Waals surface area contributed by atoms with Crippen LogP contribution in [-0.4, -0.2) is 24.1 Å². The Morgan fingerprint density at radius 3 is 0.867 bits per heavy atom. The Kier molecular flexibility index (Phi) is 13.6. The first-order chi connectivity index (χ1) is 43.7. The van der Waals surface area contributed by atoms with Crippen LogP contribution in [0.2, 0.25) is 0 Å². The fourth-order valence-electron chi connectivity index (χ4n) is 13.9. The summed E-state index contributed by atoms with van der Waals surface area (Å²) < 4.78 is 4.84. The molecule has 0 amide bonds. The summed E-state index contributed by atoms with van der Waals surface area (Å²) in [6, 6.07) is 90.5. The molecule has 0 aliphatic rings. The first-order valence-corrected chi connectivity index (χ1v) is 30.8. The molecule has 0 spiro atoms. The van der Waals surface area contributed by atoms with Gasteiger partial charge in [0.2, 0.25) is 0 Å². The van der Waals surface area contributed by atoms with Gasteiger partial charge >= 0.3 is 0 Å². The van der Waals surface area contributed by atoms with E-state index in [0.29, 0.717) is 23.0 Å². The average molecular weight is 1160 g/mol. The SMILES string of the molecule is Cc1cc(C)cc(-c2ccc3c(c2)c2cc(-c4cc(C)cc(C)c4)ccc2n3-c2ccc(C#N)cc2-c2cc(-c3nc(-c4ccccc4)nc(-c4ccccc4)n3)ccc2-n2c3ccc(-c4cc(C)cc(C)c4)cc3c3cc(-c4cc(C)cc(C)c4)ccc32)c1. The second-order valence-electron chi connectivity index (χ2n) is 24.7. The Bertz CT molecular complexity index is 5110. The molecule has 0 fully saturated rings. The maximum Gasteiger partial charge on any atom is 0.164 e. The van der Waals surface area contributed by atoms with Crippen molar-refractivity contribution in [3.63, 3.8) is 0 Å². The van der Waals surface area contributed by atoms with E-state index in [4.69, 9.17) is 15.0 Å². The summed E-state index contributed by atoms with van der Waals surface area (Å²) in [5.74, 6) is 1.68. The Morgan fingerprint density at radius 2 is 0.544 bits per heavy atom. The molecule has 6 heteroatoms. The maximum absolute atomic E-state index is 11.1. The first-order valence-electron chi connectivity index (χ1n) is 30.8. The van der Waals surface area contributed by atoms with E-state index in [0.717, 1.165) is 105 Å². The lowest BCUT2D eigenvalue weighted by Gasteiger charge is -2.20. The Morgan fingerprint density at radius 1 is 0.256 bits per heavy atom. The number of hydrogen-bond acceptors (Lipinski definition) is 4. The monoisotopic (exact) mass is 1160 g/mol. The van der Waals surface area contributed by atoms with E-state index in [1.807, 2.05) is 66.7 Å². The van der Waals surface area contributed by atoms with Crippen LogP contribution in [0.15, 0.2) is 243 Å². The summed E-state index contributed by atoms with van der Waals surface area (Å²) in [6.07, 6.45) is 0. The standard InChI is InChI=1S/C84H64N6/c1-50-31-51(2)36-66(35-50)61-20-26-77-71(44-61)72-45-62(67-37-52(3)32-53(4)38-67)21-27-78(72)89(77)76-25-19-58(49-85)43-70(76)75-48-65(84-87-82(59-15-11-9-12-16-59)86-83(88-84)60-17-13-10-14-18-60)24-30-81(75)90-79-28-22-63(68-39-54(5)33-55(6)40-68)46-73(79)74-47-64(23-29-80(74)90)69-41-56(7)34-57(8)42-69/h9-48H,1-8H3. The lowest BCUT2D eigenvalue weighted by Crippen LogP contribution is -2.04. The van der Waals surface area contributed by atoms with Crippen molar-refractivity contribution < 1.29 is 0 Å². The van der Waals surface area contributed by atoms with Crippen LogP contribution in [0.1, 0.15) is 50.1 Å². The number of nitriles is 1. The minimum absolute atomic E-state index is 0.529. The Balaban J connectivity index is 1.04. The van der Waals surface area contributed by atoms with Crippen molar-refractivity contribution in [2.75, 3.05) is 0 Å². The Hall–Kier alpha value is -11.3. The fraction of sp³-hybridized carbons (Fsp3) is 0.0952. The number of aryl methyl sites for hydroxylation is 8. The molecule has 15 rings (SSSR count). The predicted octanol–water partition coefficient (Wildman–Crippen LogP) is 21.7. The zero-order valence-electron chi connectivity index (χ0n) is 51.8. The van der Waals surface area contributed by atoms with E-state index < -0.39 is 0 Å². The number of hydrogen-bond donors (Lipinski definition) is 0. The molecule has 0 radical (unpaired) electrons. The largest absolute Gasteiger partial charge is 0.309 e. The van der Waals surface area contributed by atoms with Gasteiger partial charge in [0.05, 0.1) is 45.1 Å². The highest BCUT2D eigenvalue weighted by atomic mass is 15.0. The van der Waals surface area contributed by atoms with Gasteiger partial charge in [-0.15, -0.1) is 0 Å². The van der Waals surface area contributed by atoms with Crippen LogP contribution in [0.25, 0.3) is 145 Å². The normalized spacial score (nSPS) is 11.5. The molecule has 0 bridgehead atoms. The zero-order chi connectivity index (χ0) is 61.5. The van der Waals surface area contributed by atoms with Crippen molar-refractivity contribution in [2.45, 2.75) is 55.4 Å². The number of aromatic nitrogens is 5. The van der Waals surface area contributed by atoms with Crippen LogP contribution in [0.5, 0.6) is 0 Å². The lowest BCUT2D eigenvalue weighted by atomic mass is 9.96. The van der Waals surface area contributed by atoms with Crippen molar-refractivity contribution in [1.82, 2.24) is 24.1 Å². The summed E-state index contributed by atoms with van der Waals surface area (Å²) in [6.45, 7) is 17.4. The van der Waals surface area contributed by atoms with Crippen LogP contribution in [0.3, 0.4) is 0 Å². The van der Waals surface area contributed by atoms with Crippen molar-refractivity contribution in [2.24, 2.45) is 0 Å². The van der Waals surface area contributed by atoms with Gasteiger partial charge in [-0.1, -0.05) is 202 Å². The molecule has 0 atom stereocenters. The molecule has 3 heterocycles. The van der Waals surface area contributed by atoms with Crippen LogP contribution < -0.4 is 0 Å². The summed E-state index contributed by atoms with van der Waals surface area (Å²) in [7, 11) is 0. The molecule has 90 heavy (non-hydrogen) atoms. The van der Waals surface area contributed by atoms with Gasteiger partial charge in [0.15, 0.2) is 17.5 Å². The van der Waals surface area contributed by atoms with Crippen LogP contribution >= 0.6 is 0 Å². The molecule has 6 nitrogen and oxygen atoms in total. The molecule has 0 N–H and O–H groups in total. The summed E-state index contributed by atoms with van der Waals surface area (Å²) in [5.41, 5.74) is 30.0. The number of fused-ring (bicyclic) bond motifs is 6. The molecule has 15 aromatic rings. The van der Waals surface area contributed by atoms with Gasteiger partial charge in [0.1, 0.15) is 0 Å². The van der Waals surface area contributed by atoms with Gasteiger partial charge in [0.25, 0.3) is 0 Å². The van der Waals surface area contributed by atoms with E-state index >= 15 is 0 Å². The molecule has 12 aromatic carbocycles. The smallest absolute Gasteiger partial charge is 0.164 e. The third-order valence-corrected chi connectivity index (χ3v) is 17.6. The van der Waals surface area contributed by atoms with Crippen LogP contribution in [-0.2, 0) is 0 Å². The van der Waals surface area contributed by atoms with E-state index in [1.165, 1.54) is 66.8 Å². The highest BCUT2D eigenvalue weighted by molar-refractivity contribution is 6.14. The van der Waals surface area contributed by atoms with Crippen molar-refractivity contribution in [3.8, 4) is 107 Å². The summed E-state index contributed by atoms with van der Waals surface area (Å²) in [4.78, 5) is 15.7. The highest BCUT2D eigenvalue weighted by Crippen LogP contribution is 2.46. The van der Waals surface area contributed by atoms with Crippen molar-refractivity contribution in [1.29, 1.82) is 5.26 Å². The predicted molar refractivity (Wildman–Crippen MR) is 375 cm³/mol. The molecular formula is C84H64N6. The molecule has 0 unspecified atom stereocenters. The van der Waals surface area contributed by atoms with Gasteiger partial charge in [-0.25, -0.2) is 15.0 Å². The van der Waals surface area contributed by atoms with E-state index in [-0.39, 0.29) is 0 Å². The third kappa shape index (κ3) is 10.1. The first kappa shape index (κ1) is 55.3. The summed E-state index contributed by atoms with van der Waals surface area (Å²) >= 11 is 0. The molecular weight excluding hydrogens is 1090 g/mol. The molecule has 3 aromatic heterocycles. The molecule has 0 saturated carbocycles. The second-order valence-corrected chi connectivity index (χ2v) is 24.7. The maximum atomic E-state index is 11.1. The van der Waals surface area contributed by atoms with Gasteiger partial charge in [-0.05, 0) is 185 Å². The van der Waals surface area contributed by atoms with Crippen LogP contribution in [0, 0.1) is 66.7 Å². The third-order valence-electron chi connectivity index (χ3n) is 17.6. The van der Waals surface area contributed by atoms with E-state index in [2.05, 4.69) is 247 Å². The number of rotatable bonds is 10. The minimum Gasteiger partial charge on any atom is -0.309 e. The fourth-order valence-corrected chi connectivity index (χ4v) is 13.9. The molecule has 0 aliphatic heterocycles. The van der Waals surface area contributed by atoms with Crippen molar-refractivity contribution in [3.05, 3.63) is 293 Å². The van der Waals surface area contributed by atoms with Gasteiger partial charge in [-0.2, -0.15) is 5.26 Å². The number of benzene rings is 12. The van der Waals surface area contributed by atoms with Gasteiger partial charge in [0, 0.05) is 49.4 Å². The lowest BCUT2D eigenvalue weighted by molar-refractivity contribution is 1.07. The molecule has 0 aliphatic carbocycles. The average Bonchev–Trinajstić information content (AvgIpc) is 1.56. The highest BCUT2D eigenvalue weighted by Gasteiger charge is 2.25. The number of nitrogens with zero attached hydrogens (tertiary/aromatic N) is 6. The zero-order valence-corrected chi connectivity index (χ0v) is 51.8. The van der Waals surface area contributed by atoms with Crippen molar-refractivity contribution >= 4 is 43.6 Å². The molecule has 0 saturated heterocycles. The summed E-state index contributed by atoms with van der Waals surface area (Å²) in [5, 5.41) is 15.6. The quantitative estimate of drug-likeness (QED) is 0.137. The van der Waals surface area contributed by atoms with Crippen LogP contribution in [0.4, 0.5) is 0 Å². The molecule has 430 valence electrons.